The van der Waals surface area contributed by atoms with Gasteiger partial charge in [0.1, 0.15) is 5.02 Å². The van der Waals surface area contributed by atoms with Gasteiger partial charge >= 0.3 is 0 Å². The number of ether oxygens (including phenoxy) is 1. The van der Waals surface area contributed by atoms with Crippen molar-refractivity contribution in [2.24, 2.45) is 5.10 Å². The van der Waals surface area contributed by atoms with Crippen molar-refractivity contribution in [3.05, 3.63) is 38.9 Å². The Balaban J connectivity index is 1.82. The Morgan fingerprint density at radius 2 is 2.45 bits per heavy atom. The number of nitrogens with zero attached hydrogens (tertiary/aromatic N) is 2. The molecule has 0 spiro atoms. The number of hydrogen-bond donors (Lipinski definition) is 2. The van der Waals surface area contributed by atoms with Crippen molar-refractivity contribution < 1.29 is 9.66 Å². The fourth-order valence-corrected chi connectivity index (χ4v) is 2.29. The molecule has 1 atom stereocenters. The van der Waals surface area contributed by atoms with Crippen molar-refractivity contribution >= 4 is 40.8 Å². The van der Waals surface area contributed by atoms with Gasteiger partial charge in [-0.1, -0.05) is 17.7 Å². The van der Waals surface area contributed by atoms with Gasteiger partial charge in [-0.15, -0.1) is 0 Å². The Morgan fingerprint density at radius 1 is 1.64 bits per heavy atom. The average Bonchev–Trinajstić information content (AvgIpc) is 3.00. The van der Waals surface area contributed by atoms with Crippen LogP contribution in [0.2, 0.25) is 5.02 Å². The third kappa shape index (κ3) is 4.90. The van der Waals surface area contributed by atoms with Gasteiger partial charge in [-0.05, 0) is 31.1 Å². The molecule has 0 radical (unpaired) electrons. The fourth-order valence-electron chi connectivity index (χ4n) is 1.97. The van der Waals surface area contributed by atoms with Gasteiger partial charge in [0, 0.05) is 24.8 Å². The summed E-state index contributed by atoms with van der Waals surface area (Å²) in [6, 6.07) is 4.43. The number of rotatable bonds is 5. The summed E-state index contributed by atoms with van der Waals surface area (Å²) in [4.78, 5) is 10.2. The molecule has 22 heavy (non-hydrogen) atoms. The SMILES string of the molecule is O=[N+]([O-])c1cc(C=NNC(=S)NCC2CCCO2)ccc1Cl. The molecule has 0 aliphatic carbocycles. The lowest BCUT2D eigenvalue weighted by Gasteiger charge is -2.11. The molecule has 118 valence electrons. The number of benzene rings is 1. The molecule has 0 bridgehead atoms. The van der Waals surface area contributed by atoms with Crippen LogP contribution >= 0.6 is 23.8 Å². The number of nitrogens with one attached hydrogen (secondary N) is 2. The van der Waals surface area contributed by atoms with Gasteiger partial charge in [0.15, 0.2) is 5.11 Å². The van der Waals surface area contributed by atoms with E-state index in [9.17, 15) is 10.1 Å². The molecule has 1 aliphatic rings. The second kappa shape index (κ2) is 8.02. The van der Waals surface area contributed by atoms with Gasteiger partial charge in [0.2, 0.25) is 0 Å². The second-order valence-electron chi connectivity index (χ2n) is 4.68. The van der Waals surface area contributed by atoms with Gasteiger partial charge in [-0.25, -0.2) is 0 Å². The van der Waals surface area contributed by atoms with Gasteiger partial charge in [-0.3, -0.25) is 15.5 Å². The van der Waals surface area contributed by atoms with E-state index in [4.69, 9.17) is 28.6 Å². The number of hydrogen-bond acceptors (Lipinski definition) is 5. The number of nitro groups is 1. The molecule has 2 rings (SSSR count). The highest BCUT2D eigenvalue weighted by atomic mass is 35.5. The lowest BCUT2D eigenvalue weighted by molar-refractivity contribution is -0.384. The summed E-state index contributed by atoms with van der Waals surface area (Å²) in [5.74, 6) is 0. The minimum atomic E-state index is -0.541. The number of halogens is 1. The smallest absolute Gasteiger partial charge is 0.288 e. The highest BCUT2D eigenvalue weighted by Crippen LogP contribution is 2.24. The van der Waals surface area contributed by atoms with Crippen molar-refractivity contribution in [3.8, 4) is 0 Å². The van der Waals surface area contributed by atoms with E-state index in [0.29, 0.717) is 17.2 Å². The van der Waals surface area contributed by atoms with E-state index in [2.05, 4.69) is 15.8 Å². The van der Waals surface area contributed by atoms with Crippen LogP contribution in [0.25, 0.3) is 0 Å². The third-order valence-corrected chi connectivity index (χ3v) is 3.62. The molecule has 1 aromatic carbocycles. The van der Waals surface area contributed by atoms with Crippen LogP contribution in [0.15, 0.2) is 23.3 Å². The van der Waals surface area contributed by atoms with E-state index in [1.165, 1.54) is 18.3 Å². The highest BCUT2D eigenvalue weighted by molar-refractivity contribution is 7.80. The molecule has 1 aromatic rings. The first-order valence-electron chi connectivity index (χ1n) is 6.68. The minimum Gasteiger partial charge on any atom is -0.376 e. The predicted octanol–water partition coefficient (Wildman–Crippen LogP) is 2.23. The third-order valence-electron chi connectivity index (χ3n) is 3.06. The molecule has 7 nitrogen and oxygen atoms in total. The second-order valence-corrected chi connectivity index (χ2v) is 5.50. The summed E-state index contributed by atoms with van der Waals surface area (Å²) in [5, 5.41) is 18.2. The van der Waals surface area contributed by atoms with Crippen LogP contribution in [-0.2, 0) is 4.74 Å². The summed E-state index contributed by atoms with van der Waals surface area (Å²) in [6.45, 7) is 1.42. The zero-order valence-electron chi connectivity index (χ0n) is 11.6. The first-order chi connectivity index (χ1) is 10.6. The fraction of sp³-hybridized carbons (Fsp3) is 0.385. The lowest BCUT2D eigenvalue weighted by Crippen LogP contribution is -2.37. The van der Waals surface area contributed by atoms with Crippen LogP contribution in [0.4, 0.5) is 5.69 Å². The molecular weight excluding hydrogens is 328 g/mol. The molecule has 0 amide bonds. The van der Waals surface area contributed by atoms with Crippen molar-refractivity contribution in [2.75, 3.05) is 13.2 Å². The number of nitro benzene ring substituents is 1. The summed E-state index contributed by atoms with van der Waals surface area (Å²) in [5.41, 5.74) is 3.03. The zero-order valence-corrected chi connectivity index (χ0v) is 13.2. The van der Waals surface area contributed by atoms with Crippen molar-refractivity contribution in [3.63, 3.8) is 0 Å². The largest absolute Gasteiger partial charge is 0.376 e. The van der Waals surface area contributed by atoms with Crippen LogP contribution in [0.5, 0.6) is 0 Å². The molecule has 1 aliphatic heterocycles. The van der Waals surface area contributed by atoms with E-state index in [-0.39, 0.29) is 16.8 Å². The topological polar surface area (TPSA) is 88.8 Å². The van der Waals surface area contributed by atoms with Crippen LogP contribution in [0.1, 0.15) is 18.4 Å². The summed E-state index contributed by atoms with van der Waals surface area (Å²) in [7, 11) is 0. The highest BCUT2D eigenvalue weighted by Gasteiger charge is 2.15. The van der Waals surface area contributed by atoms with Gasteiger partial charge in [0.05, 0.1) is 17.2 Å². The first kappa shape index (κ1) is 16.6. The Labute approximate surface area is 137 Å². The van der Waals surface area contributed by atoms with Gasteiger partial charge < -0.3 is 10.1 Å². The Hall–Kier alpha value is -1.77. The predicted molar refractivity (Wildman–Crippen MR) is 88.4 cm³/mol. The Morgan fingerprint density at radius 3 is 3.14 bits per heavy atom. The van der Waals surface area contributed by atoms with E-state index in [1.807, 2.05) is 0 Å². The first-order valence-corrected chi connectivity index (χ1v) is 7.47. The zero-order chi connectivity index (χ0) is 15.9. The van der Waals surface area contributed by atoms with Crippen LogP contribution in [0.3, 0.4) is 0 Å². The van der Waals surface area contributed by atoms with Crippen molar-refractivity contribution in [1.29, 1.82) is 0 Å². The van der Waals surface area contributed by atoms with Crippen LogP contribution in [-0.4, -0.2) is 35.5 Å². The maximum absolute atomic E-state index is 10.8. The van der Waals surface area contributed by atoms with Crippen LogP contribution in [0, 0.1) is 10.1 Å². The maximum Gasteiger partial charge on any atom is 0.288 e. The van der Waals surface area contributed by atoms with E-state index in [1.54, 1.807) is 6.07 Å². The molecule has 2 N–H and O–H groups in total. The monoisotopic (exact) mass is 342 g/mol. The lowest BCUT2D eigenvalue weighted by atomic mass is 10.2. The summed E-state index contributed by atoms with van der Waals surface area (Å²) < 4.78 is 5.46. The normalized spacial score (nSPS) is 17.6. The molecule has 1 unspecified atom stereocenters. The van der Waals surface area contributed by atoms with E-state index >= 15 is 0 Å². The number of hydrazone groups is 1. The van der Waals surface area contributed by atoms with Crippen LogP contribution < -0.4 is 10.7 Å². The van der Waals surface area contributed by atoms with E-state index < -0.39 is 4.92 Å². The van der Waals surface area contributed by atoms with Crippen molar-refractivity contribution in [1.82, 2.24) is 10.7 Å². The molecular formula is C13H15ClN4O3S. The Kier molecular flexibility index (Phi) is 6.05. The summed E-state index contributed by atoms with van der Waals surface area (Å²) >= 11 is 10.8. The molecule has 0 saturated carbocycles. The Bertz CT molecular complexity index is 591. The van der Waals surface area contributed by atoms with Gasteiger partial charge in [-0.2, -0.15) is 5.10 Å². The molecule has 1 heterocycles. The summed E-state index contributed by atoms with van der Waals surface area (Å²) in [6.07, 6.45) is 3.71. The van der Waals surface area contributed by atoms with Crippen molar-refractivity contribution in [2.45, 2.75) is 18.9 Å². The van der Waals surface area contributed by atoms with Gasteiger partial charge in [0.25, 0.3) is 5.69 Å². The quantitative estimate of drug-likeness (QED) is 0.369. The maximum atomic E-state index is 10.8. The standard InChI is InChI=1S/C13H15ClN4O3S/c14-11-4-3-9(6-12(11)18(19)20)7-16-17-13(22)15-8-10-2-1-5-21-10/h3-4,6-7,10H,1-2,5,8H2,(H2,15,17,22). The minimum absolute atomic E-state index is 0.0869. The van der Waals surface area contributed by atoms with E-state index in [0.717, 1.165) is 19.4 Å². The molecule has 1 saturated heterocycles. The molecule has 9 heteroatoms. The number of thiocarbonyl (C=S) groups is 1. The molecule has 0 aromatic heterocycles. The average molecular weight is 343 g/mol. The molecule has 1 fully saturated rings.